The number of rotatable bonds is 9. The van der Waals surface area contributed by atoms with E-state index in [9.17, 15) is 19.5 Å². The Hall–Kier alpha value is -4.61. The molecule has 266 valence electrons. The summed E-state index contributed by atoms with van der Waals surface area (Å²) in [6.45, 7) is 1.68. The largest absolute Gasteiger partial charge is 0.507 e. The maximum atomic E-state index is 14.4. The normalized spacial score (nSPS) is 21.7. The average Bonchev–Trinajstić information content (AvgIpc) is 3.67. The second-order valence-corrected chi connectivity index (χ2v) is 14.5. The number of amides is 1. The van der Waals surface area contributed by atoms with Crippen molar-refractivity contribution in [1.82, 2.24) is 10.3 Å². The number of ketones is 2. The fourth-order valence-corrected chi connectivity index (χ4v) is 8.59. The van der Waals surface area contributed by atoms with Crippen molar-refractivity contribution in [3.8, 4) is 23.0 Å². The first kappa shape index (κ1) is 34.8. The molecule has 0 saturated carbocycles. The molecule has 0 bridgehead atoms. The van der Waals surface area contributed by atoms with Gasteiger partial charge in [0.1, 0.15) is 27.8 Å². The second kappa shape index (κ2) is 13.5. The highest BCUT2D eigenvalue weighted by Gasteiger charge is 2.61. The number of methoxy groups -OCH3 is 3. The third-order valence-electron chi connectivity index (χ3n) is 10.5. The fraction of sp³-hybridized carbons (Fsp3) is 0.359. The Labute approximate surface area is 304 Å². The molecule has 12 heteroatoms. The van der Waals surface area contributed by atoms with Crippen LogP contribution in [0.1, 0.15) is 71.7 Å². The predicted molar refractivity (Wildman–Crippen MR) is 195 cm³/mol. The van der Waals surface area contributed by atoms with Crippen LogP contribution in [0.3, 0.4) is 0 Å². The number of aromatic nitrogens is 1. The van der Waals surface area contributed by atoms with Gasteiger partial charge in [-0.3, -0.25) is 14.4 Å². The van der Waals surface area contributed by atoms with Gasteiger partial charge in [-0.1, -0.05) is 30.7 Å². The number of hydrogen-bond donors (Lipinski definition) is 3. The summed E-state index contributed by atoms with van der Waals surface area (Å²) in [6, 6.07) is 14.6. The first-order valence-corrected chi connectivity index (χ1v) is 18.4. The highest BCUT2D eigenvalue weighted by atomic mass is 35.5. The number of fused-ring (bicyclic) bond motifs is 4. The minimum absolute atomic E-state index is 0.00707. The Morgan fingerprint density at radius 1 is 1.10 bits per heavy atom. The lowest BCUT2D eigenvalue weighted by Crippen LogP contribution is -2.53. The van der Waals surface area contributed by atoms with Crippen LogP contribution in [0.2, 0.25) is 5.02 Å². The van der Waals surface area contributed by atoms with E-state index in [1.54, 1.807) is 25.8 Å². The highest BCUT2D eigenvalue weighted by Crippen LogP contribution is 2.56. The van der Waals surface area contributed by atoms with Gasteiger partial charge in [0.05, 0.1) is 27.4 Å². The zero-order chi connectivity index (χ0) is 36.2. The zero-order valence-corrected chi connectivity index (χ0v) is 30.5. The Morgan fingerprint density at radius 3 is 2.53 bits per heavy atom. The van der Waals surface area contributed by atoms with Crippen molar-refractivity contribution in [2.75, 3.05) is 27.6 Å². The van der Waals surface area contributed by atoms with Gasteiger partial charge >= 0.3 is 0 Å². The smallest absolute Gasteiger partial charge is 0.231 e. The van der Waals surface area contributed by atoms with E-state index in [0.717, 1.165) is 52.1 Å². The predicted octanol–water partition coefficient (Wildman–Crippen LogP) is 7.67. The number of ether oxygens (including phenoxy) is 4. The lowest BCUT2D eigenvalue weighted by Gasteiger charge is -2.38. The molecule has 4 unspecified atom stereocenters. The number of benzene rings is 3. The molecule has 0 fully saturated rings. The van der Waals surface area contributed by atoms with Crippen LogP contribution in [0, 0.1) is 5.92 Å². The van der Waals surface area contributed by atoms with Crippen molar-refractivity contribution in [2.45, 2.75) is 61.5 Å². The number of carbonyl (C=O) groups excluding carboxylic acids is 3. The number of allylic oxidation sites excluding steroid dienone is 1. The van der Waals surface area contributed by atoms with Crippen LogP contribution in [0.4, 0.5) is 0 Å². The van der Waals surface area contributed by atoms with Crippen LogP contribution in [0.25, 0.3) is 10.9 Å². The SMILES string of the molecule is COc1ccc2[nH]c3c(c2c1)CCCC3NC(=O)CC(C1=C(O)C2(Oc3c(Cl)c(OC)cc(OC)c3C2=O)C(C)CC1=O)c1ccc(SC)cc1. The second-order valence-electron chi connectivity index (χ2n) is 13.2. The number of aromatic amines is 1. The van der Waals surface area contributed by atoms with Gasteiger partial charge in [0, 0.05) is 57.8 Å². The van der Waals surface area contributed by atoms with Crippen LogP contribution >= 0.6 is 23.4 Å². The van der Waals surface area contributed by atoms with Crippen LogP contribution < -0.4 is 24.3 Å². The summed E-state index contributed by atoms with van der Waals surface area (Å²) in [7, 11) is 4.47. The van der Waals surface area contributed by atoms with Crippen LogP contribution in [0.15, 0.2) is 64.8 Å². The Balaban J connectivity index is 1.28. The van der Waals surface area contributed by atoms with Crippen molar-refractivity contribution >= 4 is 51.7 Å². The molecule has 51 heavy (non-hydrogen) atoms. The van der Waals surface area contributed by atoms with Crippen LogP contribution in [-0.4, -0.2) is 60.8 Å². The standard InChI is InChI=1S/C39H39ClN2O8S/c1-19-15-28(43)32(37(45)39(19)38(46)33-29(48-3)18-30(49-4)34(40)36(33)50-39)24(20-9-12-22(51-5)13-10-20)17-31(44)41-27-8-6-7-23-25-16-21(47-2)11-14-26(25)42-35(23)27/h9-14,16,18-19,24,27,42,45H,6-8,15,17H2,1-5H3,(H,41,44). The summed E-state index contributed by atoms with van der Waals surface area (Å²) in [5.41, 5.74) is 1.75. The monoisotopic (exact) mass is 730 g/mol. The molecule has 2 heterocycles. The Bertz CT molecular complexity index is 2110. The number of nitrogens with one attached hydrogen (secondary N) is 2. The molecular formula is C39H39ClN2O8S. The first-order valence-electron chi connectivity index (χ1n) is 16.8. The summed E-state index contributed by atoms with van der Waals surface area (Å²) in [5.74, 6) is -2.29. The van der Waals surface area contributed by atoms with E-state index in [2.05, 4.69) is 10.3 Å². The van der Waals surface area contributed by atoms with E-state index < -0.39 is 29.0 Å². The van der Waals surface area contributed by atoms with Gasteiger partial charge in [-0.25, -0.2) is 0 Å². The fourth-order valence-electron chi connectivity index (χ4n) is 7.91. The Morgan fingerprint density at radius 2 is 1.84 bits per heavy atom. The van der Waals surface area contributed by atoms with Gasteiger partial charge in [-0.15, -0.1) is 11.8 Å². The van der Waals surface area contributed by atoms with Crippen LogP contribution in [-0.2, 0) is 16.0 Å². The van der Waals surface area contributed by atoms with Gasteiger partial charge < -0.3 is 34.4 Å². The number of halogens is 1. The maximum Gasteiger partial charge on any atom is 0.231 e. The number of aryl methyl sites for hydroxylation is 1. The molecule has 7 rings (SSSR count). The molecule has 4 aromatic rings. The topological polar surface area (TPSA) is 136 Å². The highest BCUT2D eigenvalue weighted by molar-refractivity contribution is 7.98. The number of H-pyrrole nitrogens is 1. The zero-order valence-electron chi connectivity index (χ0n) is 29.0. The molecule has 3 aliphatic rings. The first-order chi connectivity index (χ1) is 24.6. The molecule has 1 spiro atoms. The lowest BCUT2D eigenvalue weighted by atomic mass is 9.69. The van der Waals surface area contributed by atoms with Gasteiger partial charge in [0.2, 0.25) is 17.3 Å². The van der Waals surface area contributed by atoms with Crippen molar-refractivity contribution in [2.24, 2.45) is 5.92 Å². The van der Waals surface area contributed by atoms with Crippen molar-refractivity contribution < 1.29 is 38.4 Å². The Kier molecular flexibility index (Phi) is 9.22. The molecule has 4 atom stereocenters. The third-order valence-corrected chi connectivity index (χ3v) is 11.6. The molecule has 0 radical (unpaired) electrons. The van der Waals surface area contributed by atoms with E-state index in [1.807, 2.05) is 48.7 Å². The molecule has 2 aliphatic carbocycles. The minimum atomic E-state index is -1.97. The van der Waals surface area contributed by atoms with Crippen molar-refractivity contribution in [3.63, 3.8) is 0 Å². The summed E-state index contributed by atoms with van der Waals surface area (Å²) in [4.78, 5) is 47.1. The van der Waals surface area contributed by atoms with E-state index in [1.165, 1.54) is 20.3 Å². The summed E-state index contributed by atoms with van der Waals surface area (Å²) >= 11 is 8.21. The minimum Gasteiger partial charge on any atom is -0.507 e. The summed E-state index contributed by atoms with van der Waals surface area (Å²) in [6.07, 6.45) is 4.16. The molecule has 3 N–H and O–H groups in total. The summed E-state index contributed by atoms with van der Waals surface area (Å²) < 4.78 is 22.8. The number of hydrogen-bond acceptors (Lipinski definition) is 9. The molecule has 10 nitrogen and oxygen atoms in total. The lowest BCUT2D eigenvalue weighted by molar-refractivity contribution is -0.122. The number of carbonyl (C=O) groups is 3. The van der Waals surface area contributed by atoms with Gasteiger partial charge in [-0.05, 0) is 67.0 Å². The average molecular weight is 731 g/mol. The van der Waals surface area contributed by atoms with Crippen LogP contribution in [0.5, 0.6) is 23.0 Å². The van der Waals surface area contributed by atoms with E-state index in [-0.39, 0.29) is 64.0 Å². The number of thioether (sulfide) groups is 1. The number of aliphatic hydroxyl groups is 1. The molecule has 3 aromatic carbocycles. The molecule has 1 aromatic heterocycles. The molecule has 1 aliphatic heterocycles. The molecular weight excluding hydrogens is 692 g/mol. The number of aliphatic hydroxyl groups excluding tert-OH is 1. The van der Waals surface area contributed by atoms with E-state index in [4.69, 9.17) is 30.5 Å². The van der Waals surface area contributed by atoms with Gasteiger partial charge in [-0.2, -0.15) is 0 Å². The number of Topliss-reactive ketones (excluding diaryl/α,β-unsaturated/α-hetero) is 2. The quantitative estimate of drug-likeness (QED) is 0.148. The molecule has 0 saturated heterocycles. The maximum absolute atomic E-state index is 14.4. The summed E-state index contributed by atoms with van der Waals surface area (Å²) in [5, 5.41) is 16.6. The van der Waals surface area contributed by atoms with Gasteiger partial charge in [0.25, 0.3) is 0 Å². The third kappa shape index (κ3) is 5.61. The van der Waals surface area contributed by atoms with Crippen molar-refractivity contribution in [3.05, 3.63) is 87.3 Å². The van der Waals surface area contributed by atoms with Crippen molar-refractivity contribution in [1.29, 1.82) is 0 Å². The van der Waals surface area contributed by atoms with E-state index in [0.29, 0.717) is 5.56 Å². The van der Waals surface area contributed by atoms with E-state index >= 15 is 0 Å². The molecule has 1 amide bonds. The van der Waals surface area contributed by atoms with Gasteiger partial charge in [0.15, 0.2) is 17.3 Å².